The molecule has 1 fully saturated rings. The molecule has 0 unspecified atom stereocenters. The predicted molar refractivity (Wildman–Crippen MR) is 100 cm³/mol. The zero-order chi connectivity index (χ0) is 17.9. The van der Waals surface area contributed by atoms with Crippen molar-refractivity contribution in [3.05, 3.63) is 35.9 Å². The van der Waals surface area contributed by atoms with Crippen LogP contribution >= 0.6 is 0 Å². The van der Waals surface area contributed by atoms with Crippen LogP contribution in [0.15, 0.2) is 30.3 Å². The average molecular weight is 345 g/mol. The molecule has 2 rings (SSSR count). The van der Waals surface area contributed by atoms with Crippen LogP contribution < -0.4 is 10.6 Å². The first-order valence-corrected chi connectivity index (χ1v) is 9.55. The van der Waals surface area contributed by atoms with Gasteiger partial charge in [-0.15, -0.1) is 0 Å². The number of amides is 3. The lowest BCUT2D eigenvalue weighted by Gasteiger charge is -2.23. The molecule has 5 heteroatoms. The molecule has 1 aromatic rings. The smallest absolute Gasteiger partial charge is 0.315 e. The summed E-state index contributed by atoms with van der Waals surface area (Å²) in [6, 6.07) is 9.91. The van der Waals surface area contributed by atoms with Crippen LogP contribution in [0.4, 0.5) is 4.79 Å². The van der Waals surface area contributed by atoms with E-state index in [0.29, 0.717) is 13.1 Å². The summed E-state index contributed by atoms with van der Waals surface area (Å²) < 4.78 is 0. The van der Waals surface area contributed by atoms with Gasteiger partial charge in [-0.25, -0.2) is 4.79 Å². The molecule has 1 aromatic carbocycles. The third kappa shape index (κ3) is 7.16. The molecule has 1 aliphatic rings. The van der Waals surface area contributed by atoms with Crippen molar-refractivity contribution in [3.63, 3.8) is 0 Å². The number of nitrogens with zero attached hydrogens (tertiary/aromatic N) is 1. The lowest BCUT2D eigenvalue weighted by molar-refractivity contribution is -0.130. The fraction of sp³-hybridized carbons (Fsp3) is 0.600. The lowest BCUT2D eigenvalue weighted by atomic mass is 9.97. The van der Waals surface area contributed by atoms with Crippen LogP contribution in [0, 0.1) is 0 Å². The van der Waals surface area contributed by atoms with Crippen LogP contribution in [0.25, 0.3) is 0 Å². The van der Waals surface area contributed by atoms with Crippen molar-refractivity contribution in [2.75, 3.05) is 13.1 Å². The van der Waals surface area contributed by atoms with Crippen LogP contribution in [-0.2, 0) is 11.3 Å². The first-order chi connectivity index (χ1) is 12.2. The maximum absolute atomic E-state index is 12.4. The van der Waals surface area contributed by atoms with Gasteiger partial charge in [0.05, 0.1) is 6.54 Å². The molecule has 0 spiro atoms. The Kier molecular flexibility index (Phi) is 8.29. The monoisotopic (exact) mass is 345 g/mol. The first-order valence-electron chi connectivity index (χ1n) is 9.55. The summed E-state index contributed by atoms with van der Waals surface area (Å²) in [5, 5.41) is 5.75. The predicted octanol–water partition coefficient (Wildman–Crippen LogP) is 3.45. The molecule has 0 bridgehead atoms. The van der Waals surface area contributed by atoms with Gasteiger partial charge in [-0.3, -0.25) is 4.79 Å². The number of hydrogen-bond donors (Lipinski definition) is 2. The summed E-state index contributed by atoms with van der Waals surface area (Å²) in [5.74, 6) is -0.0563. The first kappa shape index (κ1) is 19.3. The van der Waals surface area contributed by atoms with E-state index in [1.165, 1.54) is 32.1 Å². The Morgan fingerprint density at radius 3 is 2.32 bits per heavy atom. The van der Waals surface area contributed by atoms with E-state index in [1.54, 1.807) is 4.90 Å². The van der Waals surface area contributed by atoms with Crippen molar-refractivity contribution in [2.45, 2.75) is 64.5 Å². The average Bonchev–Trinajstić information content (AvgIpc) is 2.60. The van der Waals surface area contributed by atoms with E-state index in [4.69, 9.17) is 0 Å². The zero-order valence-electron chi connectivity index (χ0n) is 15.3. The fourth-order valence-electron chi connectivity index (χ4n) is 3.28. The number of carbonyl (C=O) groups excluding carboxylic acids is 2. The Hall–Kier alpha value is -2.04. The van der Waals surface area contributed by atoms with Crippen LogP contribution in [0.1, 0.15) is 57.4 Å². The van der Waals surface area contributed by atoms with Gasteiger partial charge in [0, 0.05) is 19.1 Å². The molecule has 1 aliphatic carbocycles. The highest BCUT2D eigenvalue weighted by Gasteiger charge is 2.16. The number of carbonyl (C=O) groups is 2. The summed E-state index contributed by atoms with van der Waals surface area (Å²) in [5.41, 5.74) is 1.09. The molecule has 0 aromatic heterocycles. The van der Waals surface area contributed by atoms with Crippen molar-refractivity contribution in [1.29, 1.82) is 0 Å². The second kappa shape index (κ2) is 10.7. The van der Waals surface area contributed by atoms with Crippen LogP contribution in [0.3, 0.4) is 0 Å². The molecule has 2 N–H and O–H groups in total. The van der Waals surface area contributed by atoms with Gasteiger partial charge in [0.1, 0.15) is 0 Å². The van der Waals surface area contributed by atoms with Gasteiger partial charge in [0.2, 0.25) is 5.91 Å². The Balaban J connectivity index is 1.74. The maximum Gasteiger partial charge on any atom is 0.315 e. The van der Waals surface area contributed by atoms with Crippen LogP contribution in [-0.4, -0.2) is 36.0 Å². The third-order valence-corrected chi connectivity index (χ3v) is 4.79. The summed E-state index contributed by atoms with van der Waals surface area (Å²) >= 11 is 0. The largest absolute Gasteiger partial charge is 0.337 e. The standard InChI is InChI=1S/C20H31N3O2/c1-2-23(16-17-11-7-6-8-12-17)19(24)15-21-20(25)22-18-13-9-4-3-5-10-14-18/h6-8,11-12,18H,2-5,9-10,13-16H2,1H3,(H2,21,22,25). The summed E-state index contributed by atoms with van der Waals surface area (Å²) in [6.45, 7) is 3.19. The number of nitrogens with one attached hydrogen (secondary N) is 2. The van der Waals surface area contributed by atoms with Gasteiger partial charge in [0.25, 0.3) is 0 Å². The number of benzene rings is 1. The molecule has 3 amide bonds. The Labute approximate surface area is 151 Å². The highest BCUT2D eigenvalue weighted by Crippen LogP contribution is 2.16. The number of rotatable bonds is 6. The van der Waals surface area contributed by atoms with Crippen molar-refractivity contribution in [1.82, 2.24) is 15.5 Å². The fourth-order valence-corrected chi connectivity index (χ4v) is 3.28. The second-order valence-corrected chi connectivity index (χ2v) is 6.76. The molecule has 0 heterocycles. The molecular formula is C20H31N3O2. The van der Waals surface area contributed by atoms with Gasteiger partial charge in [-0.2, -0.15) is 0 Å². The van der Waals surface area contributed by atoms with Gasteiger partial charge >= 0.3 is 6.03 Å². The Morgan fingerprint density at radius 1 is 1.04 bits per heavy atom. The topological polar surface area (TPSA) is 61.4 Å². The van der Waals surface area contributed by atoms with Crippen molar-refractivity contribution < 1.29 is 9.59 Å². The minimum atomic E-state index is -0.227. The van der Waals surface area contributed by atoms with E-state index in [2.05, 4.69) is 10.6 Å². The molecule has 25 heavy (non-hydrogen) atoms. The van der Waals surface area contributed by atoms with Gasteiger partial charge < -0.3 is 15.5 Å². The van der Waals surface area contributed by atoms with Crippen LogP contribution in [0.5, 0.6) is 0 Å². The maximum atomic E-state index is 12.4. The summed E-state index contributed by atoms with van der Waals surface area (Å²) in [7, 11) is 0. The Morgan fingerprint density at radius 2 is 1.68 bits per heavy atom. The summed E-state index contributed by atoms with van der Waals surface area (Å²) in [6.07, 6.45) is 8.23. The lowest BCUT2D eigenvalue weighted by Crippen LogP contribution is -2.46. The minimum absolute atomic E-state index is 0.0409. The van der Waals surface area contributed by atoms with Gasteiger partial charge in [0.15, 0.2) is 0 Å². The van der Waals surface area contributed by atoms with E-state index in [0.717, 1.165) is 18.4 Å². The highest BCUT2D eigenvalue weighted by atomic mass is 16.2. The number of urea groups is 1. The minimum Gasteiger partial charge on any atom is -0.337 e. The molecule has 0 saturated heterocycles. The highest BCUT2D eigenvalue weighted by molar-refractivity contribution is 5.84. The third-order valence-electron chi connectivity index (χ3n) is 4.79. The van der Waals surface area contributed by atoms with E-state index in [-0.39, 0.29) is 24.5 Å². The van der Waals surface area contributed by atoms with Crippen LogP contribution in [0.2, 0.25) is 0 Å². The molecule has 0 radical (unpaired) electrons. The molecule has 0 atom stereocenters. The number of hydrogen-bond acceptors (Lipinski definition) is 2. The van der Waals surface area contributed by atoms with Crippen molar-refractivity contribution in [2.24, 2.45) is 0 Å². The molecule has 5 nitrogen and oxygen atoms in total. The summed E-state index contributed by atoms with van der Waals surface area (Å²) in [4.78, 5) is 26.2. The number of likely N-dealkylation sites (N-methyl/N-ethyl adjacent to an activating group) is 1. The second-order valence-electron chi connectivity index (χ2n) is 6.76. The van der Waals surface area contributed by atoms with E-state index in [1.807, 2.05) is 37.3 Å². The molecule has 1 saturated carbocycles. The van der Waals surface area contributed by atoms with Gasteiger partial charge in [-0.05, 0) is 25.3 Å². The SMILES string of the molecule is CCN(Cc1ccccc1)C(=O)CNC(=O)NC1CCCCCCC1. The molecule has 138 valence electrons. The quantitative estimate of drug-likeness (QED) is 0.829. The van der Waals surface area contributed by atoms with E-state index >= 15 is 0 Å². The normalized spacial score (nSPS) is 15.7. The molecule has 0 aliphatic heterocycles. The zero-order valence-corrected chi connectivity index (χ0v) is 15.3. The van der Waals surface area contributed by atoms with Crippen molar-refractivity contribution in [3.8, 4) is 0 Å². The molecular weight excluding hydrogens is 314 g/mol. The van der Waals surface area contributed by atoms with E-state index < -0.39 is 0 Å². The van der Waals surface area contributed by atoms with E-state index in [9.17, 15) is 9.59 Å². The Bertz CT molecular complexity index is 525. The van der Waals surface area contributed by atoms with Crippen molar-refractivity contribution >= 4 is 11.9 Å². The van der Waals surface area contributed by atoms with Gasteiger partial charge in [-0.1, -0.05) is 62.4 Å².